The molecule has 0 heterocycles. The zero-order chi connectivity index (χ0) is 3.58. The van der Waals surface area contributed by atoms with Gasteiger partial charge in [-0.3, -0.25) is 0 Å². The van der Waals surface area contributed by atoms with E-state index in [-0.39, 0.29) is 0 Å². The Bertz CT molecular complexity index is 56.4. The Morgan fingerprint density at radius 3 is 2.00 bits per heavy atom. The van der Waals surface area contributed by atoms with Crippen molar-refractivity contribution in [1.82, 2.24) is 0 Å². The average Bonchev–Trinajstić information content (AvgIpc) is 0.811. The van der Waals surface area contributed by atoms with Gasteiger partial charge < -0.3 is 0 Å². The maximum absolute atomic E-state index is 2.60. The molecule has 0 amide bonds. The van der Waals surface area contributed by atoms with Gasteiger partial charge in [0.15, 0.2) is 0 Å². The quantitative estimate of drug-likeness (QED) is 0.555. The van der Waals surface area contributed by atoms with Gasteiger partial charge in [0.1, 0.15) is 0 Å². The first kappa shape index (κ1) is 5.62. The molecule has 0 saturated carbocycles. The van der Waals surface area contributed by atoms with Crippen LogP contribution in [0.25, 0.3) is 0 Å². The molecule has 0 N–H and O–H groups in total. The Kier molecular flexibility index (Phi) is 3.99. The summed E-state index contributed by atoms with van der Waals surface area (Å²) >= 11 is 4.28. The van der Waals surface area contributed by atoms with E-state index in [0.717, 1.165) is 0 Å². The van der Waals surface area contributed by atoms with E-state index < -0.39 is 0 Å². The molecule has 0 aliphatic carbocycles. The fraction of sp³-hybridized carbons (Fsp3) is 1.00. The van der Waals surface area contributed by atoms with E-state index in [2.05, 4.69) is 22.0 Å². The molecule has 3 heteroatoms. The third-order valence-electron chi connectivity index (χ3n) is 0. The molecule has 0 nitrogen and oxygen atoms in total. The van der Waals surface area contributed by atoms with E-state index >= 15 is 0 Å². The summed E-state index contributed by atoms with van der Waals surface area (Å²) in [5.41, 5.74) is 0. The second kappa shape index (κ2) is 2.84. The molecule has 0 saturated heterocycles. The van der Waals surface area contributed by atoms with Gasteiger partial charge in [-0.15, -0.1) is 0 Å². The van der Waals surface area contributed by atoms with Crippen LogP contribution in [0.5, 0.6) is 0 Å². The molecular formula is CH3SVW-. The van der Waals surface area contributed by atoms with Crippen LogP contribution in [0, 0.1) is 0 Å². The summed E-state index contributed by atoms with van der Waals surface area (Å²) in [5.74, 6) is 0.660. The van der Waals surface area contributed by atoms with E-state index in [1.165, 1.54) is 0 Å². The predicted molar refractivity (Wildman–Crippen MR) is 13.3 cm³/mol. The van der Waals surface area contributed by atoms with Crippen LogP contribution < -0.4 is 0 Å². The molecule has 0 atom stereocenters. The molecule has 0 fully saturated rings. The fourth-order valence-electron chi connectivity index (χ4n) is 0. The van der Waals surface area contributed by atoms with Crippen molar-refractivity contribution in [2.45, 2.75) is 0 Å². The standard InChI is InChI=1S/CH4S.V.W/c1-2;;/h2H,1H3;;/p-1. The van der Waals surface area contributed by atoms with Crippen molar-refractivity contribution in [3.05, 3.63) is 0 Å². The van der Waals surface area contributed by atoms with Crippen LogP contribution in [-0.4, -0.2) is 6.26 Å². The SMILES string of the molecule is C[S-](=[V])=[W]. The van der Waals surface area contributed by atoms with Crippen molar-refractivity contribution in [3.8, 4) is 0 Å². The van der Waals surface area contributed by atoms with Gasteiger partial charge in [-0.2, -0.15) is 0 Å². The zero-order valence-corrected chi connectivity index (χ0v) is 7.41. The van der Waals surface area contributed by atoms with E-state index in [9.17, 15) is 0 Å². The molecule has 0 spiro atoms. The molecule has 0 aliphatic rings. The number of hydrogen-bond acceptors (Lipinski definition) is 1. The minimum absolute atomic E-state index is 0.660. The van der Waals surface area contributed by atoms with Gasteiger partial charge in [0.2, 0.25) is 0 Å². The molecule has 0 aliphatic heterocycles. The Labute approximate surface area is 45.5 Å². The van der Waals surface area contributed by atoms with Gasteiger partial charge in [0.05, 0.1) is 0 Å². The van der Waals surface area contributed by atoms with E-state index in [4.69, 9.17) is 0 Å². The van der Waals surface area contributed by atoms with Crippen molar-refractivity contribution in [2.24, 2.45) is 0 Å². The van der Waals surface area contributed by atoms with Gasteiger partial charge in [0, 0.05) is 0 Å². The molecule has 0 rings (SSSR count). The van der Waals surface area contributed by atoms with Gasteiger partial charge in [-0.05, 0) is 0 Å². The molecule has 0 bridgehead atoms. The summed E-state index contributed by atoms with van der Waals surface area (Å²) in [5, 5.41) is 0. The van der Waals surface area contributed by atoms with Crippen molar-refractivity contribution < 1.29 is 33.7 Å². The van der Waals surface area contributed by atoms with Crippen molar-refractivity contribution in [3.63, 3.8) is 0 Å². The topological polar surface area (TPSA) is 0 Å². The van der Waals surface area contributed by atoms with Crippen molar-refractivity contribution >= 4 is 5.74 Å². The number of rotatable bonds is 0. The molecule has 0 aromatic heterocycles. The molecule has 25 valence electrons. The normalized spacial score (nSPS) is 8.25. The maximum atomic E-state index is 2.60. The summed E-state index contributed by atoms with van der Waals surface area (Å²) in [4.78, 5) is 0. The van der Waals surface area contributed by atoms with Crippen LogP contribution in [0.2, 0.25) is 0 Å². The third-order valence-corrected chi connectivity index (χ3v) is 0. The van der Waals surface area contributed by atoms with E-state index in [0.29, 0.717) is 5.74 Å². The summed E-state index contributed by atoms with van der Waals surface area (Å²) in [6.07, 6.45) is 2.20. The van der Waals surface area contributed by atoms with Crippen LogP contribution >= 0.6 is 0 Å². The molecular weight excluding hydrogens is 279 g/mol. The Balaban J connectivity index is 3.51. The van der Waals surface area contributed by atoms with Gasteiger partial charge in [0.25, 0.3) is 0 Å². The zero-order valence-electron chi connectivity index (χ0n) is 2.26. The average molecular weight is 282 g/mol. The molecule has 0 radical (unpaired) electrons. The van der Waals surface area contributed by atoms with Gasteiger partial charge >= 0.3 is 45.7 Å². The van der Waals surface area contributed by atoms with Gasteiger partial charge in [-0.1, -0.05) is 0 Å². The van der Waals surface area contributed by atoms with E-state index in [1.54, 1.807) is 18.0 Å². The molecule has 0 aromatic rings. The summed E-state index contributed by atoms with van der Waals surface area (Å²) in [7, 11) is 0. The van der Waals surface area contributed by atoms with Gasteiger partial charge in [-0.25, -0.2) is 0 Å². The summed E-state index contributed by atoms with van der Waals surface area (Å²) < 4.78 is 0. The van der Waals surface area contributed by atoms with Crippen LogP contribution in [0.3, 0.4) is 0 Å². The predicted octanol–water partition coefficient (Wildman–Crippen LogP) is 0.158. The van der Waals surface area contributed by atoms with Crippen LogP contribution in [0.1, 0.15) is 0 Å². The monoisotopic (exact) mass is 282 g/mol. The minimum atomic E-state index is 0.660. The Hall–Kier alpha value is 1.62. The Morgan fingerprint density at radius 2 is 2.00 bits per heavy atom. The first-order valence-electron chi connectivity index (χ1n) is 0.757. The van der Waals surface area contributed by atoms with Crippen molar-refractivity contribution in [2.75, 3.05) is 6.26 Å². The molecule has 0 aromatic carbocycles. The Morgan fingerprint density at radius 1 is 2.00 bits per heavy atom. The summed E-state index contributed by atoms with van der Waals surface area (Å²) in [6, 6.07) is 0. The van der Waals surface area contributed by atoms with Crippen LogP contribution in [0.15, 0.2) is 0 Å². The third kappa shape index (κ3) is 9.46. The second-order valence-electron chi connectivity index (χ2n) is 0.424. The van der Waals surface area contributed by atoms with Crippen molar-refractivity contribution in [1.29, 1.82) is 0 Å². The van der Waals surface area contributed by atoms with E-state index in [1.807, 2.05) is 0 Å². The van der Waals surface area contributed by atoms with Crippen LogP contribution in [-0.2, 0) is 39.5 Å². The second-order valence-corrected chi connectivity index (χ2v) is 13.9. The first-order chi connectivity index (χ1) is 1.73. The molecule has 0 unspecified atom stereocenters. The first-order valence-corrected chi connectivity index (χ1v) is 7.58. The van der Waals surface area contributed by atoms with Crippen LogP contribution in [0.4, 0.5) is 0 Å². The fourth-order valence-corrected chi connectivity index (χ4v) is 0. The number of hydrogen-bond donors (Lipinski definition) is 0. The molecule has 4 heavy (non-hydrogen) atoms. The summed E-state index contributed by atoms with van der Waals surface area (Å²) in [6.45, 7) is 0.